The van der Waals surface area contributed by atoms with Gasteiger partial charge in [-0.3, -0.25) is 4.90 Å². The molecule has 1 unspecified atom stereocenters. The van der Waals surface area contributed by atoms with E-state index in [1.807, 2.05) is 26.8 Å². The summed E-state index contributed by atoms with van der Waals surface area (Å²) in [6.45, 7) is 9.24. The van der Waals surface area contributed by atoms with E-state index in [0.29, 0.717) is 19.0 Å². The van der Waals surface area contributed by atoms with E-state index >= 15 is 0 Å². The molecule has 4 heteroatoms. The fourth-order valence-electron chi connectivity index (χ4n) is 2.65. The maximum absolute atomic E-state index is 12.2. The maximum Gasteiger partial charge on any atom is 0.414 e. The lowest BCUT2D eigenvalue weighted by atomic mass is 9.95. The summed E-state index contributed by atoms with van der Waals surface area (Å²) in [5.41, 5.74) is 8.67. The Labute approximate surface area is 127 Å². The third-order valence-corrected chi connectivity index (χ3v) is 3.78. The maximum atomic E-state index is 12.2. The number of amides is 1. The molecular formula is C17H26N2O2. The number of hydrogen-bond acceptors (Lipinski definition) is 3. The Kier molecular flexibility index (Phi) is 4.57. The van der Waals surface area contributed by atoms with Gasteiger partial charge in [-0.05, 0) is 63.3 Å². The van der Waals surface area contributed by atoms with Crippen molar-refractivity contribution in [1.29, 1.82) is 0 Å². The Hall–Kier alpha value is -1.55. The largest absolute Gasteiger partial charge is 0.443 e. The van der Waals surface area contributed by atoms with E-state index in [0.717, 1.165) is 18.5 Å². The summed E-state index contributed by atoms with van der Waals surface area (Å²) in [5.74, 6) is 0.455. The van der Waals surface area contributed by atoms with Crippen molar-refractivity contribution in [1.82, 2.24) is 0 Å². The first-order valence-electron chi connectivity index (χ1n) is 7.65. The van der Waals surface area contributed by atoms with Gasteiger partial charge in [-0.25, -0.2) is 4.79 Å². The average Bonchev–Trinajstić information content (AvgIpc) is 2.79. The van der Waals surface area contributed by atoms with E-state index in [2.05, 4.69) is 19.1 Å². The molecule has 0 bridgehead atoms. The van der Waals surface area contributed by atoms with Crippen molar-refractivity contribution < 1.29 is 9.53 Å². The summed E-state index contributed by atoms with van der Waals surface area (Å²) in [5, 5.41) is 0. The minimum absolute atomic E-state index is 0.260. The van der Waals surface area contributed by atoms with Gasteiger partial charge in [0.15, 0.2) is 0 Å². The first-order valence-corrected chi connectivity index (χ1v) is 7.65. The Bertz CT molecular complexity index is 520. The molecule has 1 amide bonds. The van der Waals surface area contributed by atoms with Crippen LogP contribution in [0.15, 0.2) is 18.2 Å². The lowest BCUT2D eigenvalue weighted by molar-refractivity contribution is 0.0584. The summed E-state index contributed by atoms with van der Waals surface area (Å²) in [7, 11) is 0. The van der Waals surface area contributed by atoms with Gasteiger partial charge < -0.3 is 10.5 Å². The van der Waals surface area contributed by atoms with Gasteiger partial charge in [-0.1, -0.05) is 19.1 Å². The molecule has 0 aromatic heterocycles. The van der Waals surface area contributed by atoms with Crippen LogP contribution in [0.25, 0.3) is 0 Å². The smallest absolute Gasteiger partial charge is 0.414 e. The van der Waals surface area contributed by atoms with Crippen molar-refractivity contribution in [2.45, 2.75) is 52.1 Å². The van der Waals surface area contributed by atoms with Crippen LogP contribution in [-0.2, 0) is 11.2 Å². The molecule has 1 aliphatic rings. The van der Waals surface area contributed by atoms with Crippen molar-refractivity contribution in [3.8, 4) is 0 Å². The van der Waals surface area contributed by atoms with E-state index in [1.54, 1.807) is 4.90 Å². The molecule has 1 heterocycles. The minimum atomic E-state index is -0.463. The van der Waals surface area contributed by atoms with E-state index in [-0.39, 0.29) is 6.09 Å². The minimum Gasteiger partial charge on any atom is -0.443 e. The van der Waals surface area contributed by atoms with Crippen LogP contribution in [0, 0.1) is 0 Å². The SMILES string of the molecule is CC(CCN)c1ccc2c(c1)CCN2C(=O)OC(C)(C)C. The normalized spacial score (nSPS) is 15.8. The molecule has 4 nitrogen and oxygen atoms in total. The molecule has 0 spiro atoms. The number of rotatable bonds is 3. The van der Waals surface area contributed by atoms with Gasteiger partial charge in [0.2, 0.25) is 0 Å². The molecule has 2 N–H and O–H groups in total. The molecule has 2 rings (SSSR count). The predicted molar refractivity (Wildman–Crippen MR) is 85.8 cm³/mol. The molecule has 116 valence electrons. The van der Waals surface area contributed by atoms with Gasteiger partial charge in [-0.15, -0.1) is 0 Å². The first kappa shape index (κ1) is 15.8. The fourth-order valence-corrected chi connectivity index (χ4v) is 2.65. The van der Waals surface area contributed by atoms with Crippen molar-refractivity contribution in [2.75, 3.05) is 18.0 Å². The highest BCUT2D eigenvalue weighted by atomic mass is 16.6. The van der Waals surface area contributed by atoms with Crippen LogP contribution in [0.3, 0.4) is 0 Å². The molecule has 0 saturated heterocycles. The number of nitrogens with two attached hydrogens (primary N) is 1. The Balaban J connectivity index is 2.16. The number of carbonyl (C=O) groups is 1. The zero-order valence-electron chi connectivity index (χ0n) is 13.5. The fraction of sp³-hybridized carbons (Fsp3) is 0.588. The van der Waals surface area contributed by atoms with E-state index in [1.165, 1.54) is 11.1 Å². The van der Waals surface area contributed by atoms with Gasteiger partial charge in [0.1, 0.15) is 5.60 Å². The second-order valence-corrected chi connectivity index (χ2v) is 6.75. The lowest BCUT2D eigenvalue weighted by Gasteiger charge is -2.25. The second-order valence-electron chi connectivity index (χ2n) is 6.75. The van der Waals surface area contributed by atoms with Crippen LogP contribution in [-0.4, -0.2) is 24.8 Å². The van der Waals surface area contributed by atoms with Crippen LogP contribution in [0.4, 0.5) is 10.5 Å². The van der Waals surface area contributed by atoms with Gasteiger partial charge >= 0.3 is 6.09 Å². The molecule has 1 atom stereocenters. The summed E-state index contributed by atoms with van der Waals surface area (Å²) in [6, 6.07) is 6.34. The number of hydrogen-bond donors (Lipinski definition) is 1. The number of carbonyl (C=O) groups excluding carboxylic acids is 1. The predicted octanol–water partition coefficient (Wildman–Crippen LogP) is 3.44. The van der Waals surface area contributed by atoms with Crippen molar-refractivity contribution in [3.63, 3.8) is 0 Å². The molecule has 0 fully saturated rings. The summed E-state index contributed by atoms with van der Waals surface area (Å²) < 4.78 is 5.47. The average molecular weight is 290 g/mol. The van der Waals surface area contributed by atoms with Gasteiger partial charge in [-0.2, -0.15) is 0 Å². The molecule has 1 aromatic carbocycles. The third-order valence-electron chi connectivity index (χ3n) is 3.78. The molecule has 0 radical (unpaired) electrons. The Morgan fingerprint density at radius 2 is 2.14 bits per heavy atom. The van der Waals surface area contributed by atoms with Crippen LogP contribution in [0.5, 0.6) is 0 Å². The highest BCUT2D eigenvalue weighted by Gasteiger charge is 2.29. The molecule has 0 aliphatic carbocycles. The number of fused-ring (bicyclic) bond motifs is 1. The number of ether oxygens (including phenoxy) is 1. The Morgan fingerprint density at radius 1 is 1.43 bits per heavy atom. The topological polar surface area (TPSA) is 55.6 Å². The molecular weight excluding hydrogens is 264 g/mol. The number of anilines is 1. The van der Waals surface area contributed by atoms with E-state index < -0.39 is 5.60 Å². The van der Waals surface area contributed by atoms with Crippen LogP contribution < -0.4 is 10.6 Å². The van der Waals surface area contributed by atoms with E-state index in [9.17, 15) is 4.79 Å². The van der Waals surface area contributed by atoms with E-state index in [4.69, 9.17) is 10.5 Å². The van der Waals surface area contributed by atoms with Crippen LogP contribution >= 0.6 is 0 Å². The summed E-state index contributed by atoms with van der Waals surface area (Å²) in [6.07, 6.45) is 1.61. The quantitative estimate of drug-likeness (QED) is 0.927. The molecule has 1 aliphatic heterocycles. The zero-order valence-corrected chi connectivity index (χ0v) is 13.5. The highest BCUT2D eigenvalue weighted by molar-refractivity contribution is 5.90. The molecule has 0 saturated carbocycles. The van der Waals surface area contributed by atoms with Crippen molar-refractivity contribution >= 4 is 11.8 Å². The summed E-state index contributed by atoms with van der Waals surface area (Å²) >= 11 is 0. The van der Waals surface area contributed by atoms with Gasteiger partial charge in [0.25, 0.3) is 0 Å². The monoisotopic (exact) mass is 290 g/mol. The third kappa shape index (κ3) is 3.76. The standard InChI is InChI=1S/C17H26N2O2/c1-12(7-9-18)13-5-6-15-14(11-13)8-10-19(15)16(20)21-17(2,3)4/h5-6,11-12H,7-10,18H2,1-4H3. The second kappa shape index (κ2) is 6.06. The van der Waals surface area contributed by atoms with Crippen molar-refractivity contribution in [2.24, 2.45) is 5.73 Å². The zero-order chi connectivity index (χ0) is 15.6. The Morgan fingerprint density at radius 3 is 2.76 bits per heavy atom. The van der Waals surface area contributed by atoms with Crippen LogP contribution in [0.2, 0.25) is 0 Å². The molecule has 21 heavy (non-hydrogen) atoms. The number of benzene rings is 1. The summed E-state index contributed by atoms with van der Waals surface area (Å²) in [4.78, 5) is 14.0. The lowest BCUT2D eigenvalue weighted by Crippen LogP contribution is -2.35. The van der Waals surface area contributed by atoms with Crippen LogP contribution in [0.1, 0.15) is 51.2 Å². The van der Waals surface area contributed by atoms with Crippen molar-refractivity contribution in [3.05, 3.63) is 29.3 Å². The number of nitrogens with zero attached hydrogens (tertiary/aromatic N) is 1. The highest BCUT2D eigenvalue weighted by Crippen LogP contribution is 2.32. The van der Waals surface area contributed by atoms with Gasteiger partial charge in [0.05, 0.1) is 5.69 Å². The molecule has 1 aromatic rings. The first-order chi connectivity index (χ1) is 9.81. The van der Waals surface area contributed by atoms with Gasteiger partial charge in [0, 0.05) is 6.54 Å².